The normalized spacial score (nSPS) is 10.6. The molecule has 12 heavy (non-hydrogen) atoms. The van der Waals surface area contributed by atoms with E-state index >= 15 is 0 Å². The molecule has 2 N–H and O–H groups in total. The lowest BCUT2D eigenvalue weighted by molar-refractivity contribution is 0.464. The number of aromatic nitrogens is 2. The molecular weight excluding hydrogens is 154 g/mol. The highest BCUT2D eigenvalue weighted by Crippen LogP contribution is 1.95. The van der Waals surface area contributed by atoms with Crippen molar-refractivity contribution in [1.82, 2.24) is 9.78 Å². The van der Waals surface area contributed by atoms with Gasteiger partial charge in [0.1, 0.15) is 0 Å². The molecule has 0 unspecified atom stereocenters. The Labute approximate surface area is 71.0 Å². The molecule has 0 amide bonds. The van der Waals surface area contributed by atoms with Crippen molar-refractivity contribution in [3.05, 3.63) is 22.6 Å². The third-order valence-electron chi connectivity index (χ3n) is 1.43. The maximum atomic E-state index is 11.2. The molecule has 0 aliphatic carbocycles. The lowest BCUT2D eigenvalue weighted by Crippen LogP contribution is -2.24. The van der Waals surface area contributed by atoms with Crippen LogP contribution in [0, 0.1) is 5.92 Å². The van der Waals surface area contributed by atoms with Gasteiger partial charge in [-0.15, -0.1) is 0 Å². The molecule has 0 radical (unpaired) electrons. The Morgan fingerprint density at radius 1 is 1.67 bits per heavy atom. The Kier molecular flexibility index (Phi) is 2.47. The monoisotopic (exact) mass is 167 g/mol. The summed E-state index contributed by atoms with van der Waals surface area (Å²) in [7, 11) is 0. The van der Waals surface area contributed by atoms with Gasteiger partial charge in [-0.25, -0.2) is 4.68 Å². The molecule has 66 valence electrons. The van der Waals surface area contributed by atoms with E-state index in [0.717, 1.165) is 0 Å². The van der Waals surface area contributed by atoms with Gasteiger partial charge in [0.05, 0.1) is 11.9 Å². The van der Waals surface area contributed by atoms with Crippen LogP contribution in [0.15, 0.2) is 17.1 Å². The minimum Gasteiger partial charge on any atom is -0.397 e. The van der Waals surface area contributed by atoms with Gasteiger partial charge in [-0.2, -0.15) is 5.10 Å². The van der Waals surface area contributed by atoms with Crippen molar-refractivity contribution in [1.29, 1.82) is 0 Å². The van der Waals surface area contributed by atoms with Crippen LogP contribution in [0.4, 0.5) is 5.69 Å². The fourth-order valence-electron chi connectivity index (χ4n) is 0.931. The average Bonchev–Trinajstić information content (AvgIpc) is 1.94. The fraction of sp³-hybridized carbons (Fsp3) is 0.500. The molecule has 0 saturated heterocycles. The number of hydrogen-bond acceptors (Lipinski definition) is 3. The zero-order chi connectivity index (χ0) is 9.14. The number of hydrogen-bond donors (Lipinski definition) is 1. The molecule has 0 spiro atoms. The maximum absolute atomic E-state index is 11.2. The van der Waals surface area contributed by atoms with Crippen molar-refractivity contribution >= 4 is 5.69 Å². The second kappa shape index (κ2) is 3.38. The molecular formula is C8H13N3O. The van der Waals surface area contributed by atoms with E-state index in [1.807, 2.05) is 13.8 Å². The van der Waals surface area contributed by atoms with Crippen LogP contribution in [0.5, 0.6) is 0 Å². The Balaban J connectivity index is 2.94. The summed E-state index contributed by atoms with van der Waals surface area (Å²) >= 11 is 0. The van der Waals surface area contributed by atoms with Crippen LogP contribution in [0.3, 0.4) is 0 Å². The molecule has 1 heterocycles. The van der Waals surface area contributed by atoms with Gasteiger partial charge < -0.3 is 5.73 Å². The zero-order valence-corrected chi connectivity index (χ0v) is 7.32. The summed E-state index contributed by atoms with van der Waals surface area (Å²) in [5.41, 5.74) is 5.66. The molecule has 0 fully saturated rings. The smallest absolute Gasteiger partial charge is 0.268 e. The van der Waals surface area contributed by atoms with Crippen LogP contribution in [0.1, 0.15) is 13.8 Å². The van der Waals surface area contributed by atoms with Gasteiger partial charge >= 0.3 is 0 Å². The third-order valence-corrected chi connectivity index (χ3v) is 1.43. The minimum atomic E-state index is -0.135. The highest BCUT2D eigenvalue weighted by molar-refractivity contribution is 5.31. The highest BCUT2D eigenvalue weighted by atomic mass is 16.1. The van der Waals surface area contributed by atoms with Crippen LogP contribution < -0.4 is 11.3 Å². The first-order chi connectivity index (χ1) is 5.59. The largest absolute Gasteiger partial charge is 0.397 e. The predicted octanol–water partition coefficient (Wildman–Crippen LogP) is 0.482. The van der Waals surface area contributed by atoms with Crippen molar-refractivity contribution in [2.24, 2.45) is 5.92 Å². The number of anilines is 1. The van der Waals surface area contributed by atoms with E-state index in [-0.39, 0.29) is 5.56 Å². The van der Waals surface area contributed by atoms with Crippen molar-refractivity contribution < 1.29 is 0 Å². The standard InChI is InChI=1S/C8H13N3O/c1-6(2)5-11-8(12)3-7(9)4-10-11/h3-4,6H,5,9H2,1-2H3. The summed E-state index contributed by atoms with van der Waals surface area (Å²) in [6.45, 7) is 4.70. The molecule has 0 saturated carbocycles. The van der Waals surface area contributed by atoms with Crippen molar-refractivity contribution in [3.63, 3.8) is 0 Å². The quantitative estimate of drug-likeness (QED) is 0.697. The summed E-state index contributed by atoms with van der Waals surface area (Å²) in [4.78, 5) is 11.2. The Bertz CT molecular complexity index is 316. The number of rotatable bonds is 2. The van der Waals surface area contributed by atoms with Gasteiger partial charge in [0.25, 0.3) is 5.56 Å². The molecule has 0 aromatic carbocycles. The molecule has 0 atom stereocenters. The van der Waals surface area contributed by atoms with Crippen LogP contribution in [-0.2, 0) is 6.54 Å². The predicted molar refractivity (Wildman–Crippen MR) is 47.7 cm³/mol. The SMILES string of the molecule is CC(C)Cn1ncc(N)cc1=O. The van der Waals surface area contributed by atoms with Gasteiger partial charge in [-0.05, 0) is 5.92 Å². The third kappa shape index (κ3) is 2.08. The summed E-state index contributed by atoms with van der Waals surface area (Å²) in [5.74, 6) is 0.416. The molecule has 4 heteroatoms. The summed E-state index contributed by atoms with van der Waals surface area (Å²) in [5, 5.41) is 3.90. The van der Waals surface area contributed by atoms with E-state index in [0.29, 0.717) is 18.2 Å². The first kappa shape index (κ1) is 8.77. The molecule has 1 aromatic heterocycles. The maximum Gasteiger partial charge on any atom is 0.268 e. The lowest BCUT2D eigenvalue weighted by atomic mass is 10.2. The molecule has 1 rings (SSSR count). The minimum absolute atomic E-state index is 0.135. The Morgan fingerprint density at radius 3 is 2.83 bits per heavy atom. The number of nitrogens with two attached hydrogens (primary N) is 1. The Morgan fingerprint density at radius 2 is 2.33 bits per heavy atom. The highest BCUT2D eigenvalue weighted by Gasteiger charge is 1.99. The molecule has 0 bridgehead atoms. The first-order valence-corrected chi connectivity index (χ1v) is 3.92. The van der Waals surface area contributed by atoms with Crippen molar-refractivity contribution in [2.45, 2.75) is 20.4 Å². The van der Waals surface area contributed by atoms with Gasteiger partial charge in [0, 0.05) is 12.6 Å². The summed E-state index contributed by atoms with van der Waals surface area (Å²) in [6, 6.07) is 1.38. The molecule has 1 aromatic rings. The van der Waals surface area contributed by atoms with Crippen LogP contribution in [0.25, 0.3) is 0 Å². The second-order valence-corrected chi connectivity index (χ2v) is 3.20. The first-order valence-electron chi connectivity index (χ1n) is 3.92. The van der Waals surface area contributed by atoms with Gasteiger partial charge in [-0.1, -0.05) is 13.8 Å². The van der Waals surface area contributed by atoms with Gasteiger partial charge in [0.15, 0.2) is 0 Å². The van der Waals surface area contributed by atoms with E-state index in [2.05, 4.69) is 5.10 Å². The van der Waals surface area contributed by atoms with Crippen molar-refractivity contribution in [2.75, 3.05) is 5.73 Å². The fourth-order valence-corrected chi connectivity index (χ4v) is 0.931. The number of nitrogen functional groups attached to an aromatic ring is 1. The lowest BCUT2D eigenvalue weighted by Gasteiger charge is -2.06. The summed E-state index contributed by atoms with van der Waals surface area (Å²) < 4.78 is 1.42. The van der Waals surface area contributed by atoms with Crippen LogP contribution in [-0.4, -0.2) is 9.78 Å². The van der Waals surface area contributed by atoms with E-state index in [1.165, 1.54) is 16.9 Å². The Hall–Kier alpha value is -1.32. The van der Waals surface area contributed by atoms with E-state index in [4.69, 9.17) is 5.73 Å². The van der Waals surface area contributed by atoms with Crippen LogP contribution in [0.2, 0.25) is 0 Å². The number of nitrogens with zero attached hydrogens (tertiary/aromatic N) is 2. The van der Waals surface area contributed by atoms with Gasteiger partial charge in [-0.3, -0.25) is 4.79 Å². The molecule has 0 aliphatic heterocycles. The topological polar surface area (TPSA) is 60.9 Å². The van der Waals surface area contributed by atoms with E-state index in [1.54, 1.807) is 0 Å². The average molecular weight is 167 g/mol. The molecule has 0 aliphatic rings. The summed E-state index contributed by atoms with van der Waals surface area (Å²) in [6.07, 6.45) is 1.49. The van der Waals surface area contributed by atoms with Crippen LogP contribution >= 0.6 is 0 Å². The van der Waals surface area contributed by atoms with E-state index in [9.17, 15) is 4.79 Å². The molecule has 4 nitrogen and oxygen atoms in total. The van der Waals surface area contributed by atoms with Gasteiger partial charge in [0.2, 0.25) is 0 Å². The van der Waals surface area contributed by atoms with Crippen molar-refractivity contribution in [3.8, 4) is 0 Å². The van der Waals surface area contributed by atoms with E-state index < -0.39 is 0 Å². The zero-order valence-electron chi connectivity index (χ0n) is 7.32. The second-order valence-electron chi connectivity index (χ2n) is 3.20.